The van der Waals surface area contributed by atoms with Crippen molar-refractivity contribution in [3.8, 4) is 0 Å². The Bertz CT molecular complexity index is 584. The summed E-state index contributed by atoms with van der Waals surface area (Å²) in [5.74, 6) is 0. The van der Waals surface area contributed by atoms with Gasteiger partial charge in [0.2, 0.25) is 0 Å². The van der Waals surface area contributed by atoms with Gasteiger partial charge in [0, 0.05) is 32.2 Å². The molecule has 0 saturated carbocycles. The molecule has 0 bridgehead atoms. The van der Waals surface area contributed by atoms with Crippen LogP contribution in [0.15, 0.2) is 6.20 Å². The molecule has 3 aliphatic heterocycles. The second-order valence-corrected chi connectivity index (χ2v) is 6.79. The third-order valence-corrected chi connectivity index (χ3v) is 5.47. The van der Waals surface area contributed by atoms with Crippen LogP contribution in [0.4, 0.5) is 4.79 Å². The molecular weight excluding hydrogens is 310 g/mol. The fourth-order valence-corrected chi connectivity index (χ4v) is 4.16. The van der Waals surface area contributed by atoms with E-state index in [0.717, 1.165) is 51.1 Å². The fourth-order valence-electron chi connectivity index (χ4n) is 4.16. The summed E-state index contributed by atoms with van der Waals surface area (Å²) in [6, 6.07) is 0.776. The summed E-state index contributed by atoms with van der Waals surface area (Å²) in [6.45, 7) is 6.46. The molecule has 1 aromatic rings. The number of fused-ring (bicyclic) bond motifs is 3. The summed E-state index contributed by atoms with van der Waals surface area (Å²) in [6.07, 6.45) is 4.90. The van der Waals surface area contributed by atoms with E-state index in [1.807, 2.05) is 16.5 Å². The molecule has 132 valence electrons. The van der Waals surface area contributed by atoms with E-state index in [2.05, 4.69) is 15.2 Å². The van der Waals surface area contributed by atoms with Crippen molar-refractivity contribution in [1.29, 1.82) is 0 Å². The SMILES string of the molecule is CCOC(=O)N1CCC(N2CC[C@H]3OCc4cnnn4[C@@H]3C2)CC1. The molecule has 2 saturated heterocycles. The van der Waals surface area contributed by atoms with Gasteiger partial charge in [-0.2, -0.15) is 0 Å². The maximum atomic E-state index is 11.8. The van der Waals surface area contributed by atoms with Crippen molar-refractivity contribution in [2.45, 2.75) is 51.0 Å². The Morgan fingerprint density at radius 3 is 2.96 bits per heavy atom. The molecule has 2 atom stereocenters. The predicted octanol–water partition coefficient (Wildman–Crippen LogP) is 1.04. The van der Waals surface area contributed by atoms with Gasteiger partial charge in [0.25, 0.3) is 0 Å². The summed E-state index contributed by atoms with van der Waals surface area (Å²) >= 11 is 0. The van der Waals surface area contributed by atoms with Gasteiger partial charge in [-0.1, -0.05) is 5.21 Å². The first kappa shape index (κ1) is 15.8. The summed E-state index contributed by atoms with van der Waals surface area (Å²) in [5.41, 5.74) is 1.07. The van der Waals surface area contributed by atoms with Gasteiger partial charge in [0.1, 0.15) is 0 Å². The standard InChI is InChI=1S/C16H25N5O3/c1-2-23-16(22)19-6-3-12(4-7-19)20-8-5-15-14(10-20)21-13(11-24-15)9-17-18-21/h9,12,14-15H,2-8,10-11H2,1H3/t14-,15-/m1/s1. The molecule has 0 radical (unpaired) electrons. The highest BCUT2D eigenvalue weighted by molar-refractivity contribution is 5.67. The zero-order valence-electron chi connectivity index (χ0n) is 14.1. The average molecular weight is 335 g/mol. The minimum Gasteiger partial charge on any atom is -0.450 e. The quantitative estimate of drug-likeness (QED) is 0.804. The number of amides is 1. The molecule has 0 spiro atoms. The van der Waals surface area contributed by atoms with E-state index in [1.54, 1.807) is 6.20 Å². The molecule has 8 nitrogen and oxygen atoms in total. The highest BCUT2D eigenvalue weighted by Gasteiger charge is 2.39. The second-order valence-electron chi connectivity index (χ2n) is 6.79. The summed E-state index contributed by atoms with van der Waals surface area (Å²) < 4.78 is 13.1. The first-order valence-electron chi connectivity index (χ1n) is 8.92. The monoisotopic (exact) mass is 335 g/mol. The largest absolute Gasteiger partial charge is 0.450 e. The van der Waals surface area contributed by atoms with Crippen molar-refractivity contribution in [2.24, 2.45) is 0 Å². The molecule has 0 aliphatic carbocycles. The lowest BCUT2D eigenvalue weighted by molar-refractivity contribution is -0.0759. The number of likely N-dealkylation sites (tertiary alicyclic amines) is 2. The molecule has 8 heteroatoms. The van der Waals surface area contributed by atoms with Crippen LogP contribution >= 0.6 is 0 Å². The molecule has 24 heavy (non-hydrogen) atoms. The first-order valence-corrected chi connectivity index (χ1v) is 8.92. The van der Waals surface area contributed by atoms with Gasteiger partial charge in [-0.3, -0.25) is 4.90 Å². The van der Waals surface area contributed by atoms with E-state index < -0.39 is 0 Å². The van der Waals surface area contributed by atoms with Crippen LogP contribution in [-0.2, 0) is 16.1 Å². The molecule has 4 heterocycles. The highest BCUT2D eigenvalue weighted by Crippen LogP contribution is 2.32. The second kappa shape index (κ2) is 6.68. The van der Waals surface area contributed by atoms with Gasteiger partial charge in [0.15, 0.2) is 0 Å². The number of hydrogen-bond acceptors (Lipinski definition) is 6. The maximum absolute atomic E-state index is 11.8. The Morgan fingerprint density at radius 1 is 1.33 bits per heavy atom. The zero-order valence-corrected chi connectivity index (χ0v) is 14.1. The van der Waals surface area contributed by atoms with Crippen LogP contribution in [0.25, 0.3) is 0 Å². The lowest BCUT2D eigenvalue weighted by Crippen LogP contribution is -2.54. The van der Waals surface area contributed by atoms with Crippen molar-refractivity contribution < 1.29 is 14.3 Å². The maximum Gasteiger partial charge on any atom is 0.409 e. The smallest absolute Gasteiger partial charge is 0.409 e. The molecule has 0 N–H and O–H groups in total. The van der Waals surface area contributed by atoms with E-state index in [9.17, 15) is 4.79 Å². The number of nitrogens with zero attached hydrogens (tertiary/aromatic N) is 5. The molecule has 1 amide bonds. The Balaban J connectivity index is 1.37. The van der Waals surface area contributed by atoms with Crippen molar-refractivity contribution in [2.75, 3.05) is 32.8 Å². The molecule has 3 aliphatic rings. The zero-order chi connectivity index (χ0) is 16.5. The van der Waals surface area contributed by atoms with Gasteiger partial charge < -0.3 is 14.4 Å². The van der Waals surface area contributed by atoms with Crippen LogP contribution < -0.4 is 0 Å². The summed E-state index contributed by atoms with van der Waals surface area (Å²) in [7, 11) is 0. The van der Waals surface area contributed by atoms with Gasteiger partial charge in [-0.25, -0.2) is 9.48 Å². The summed E-state index contributed by atoms with van der Waals surface area (Å²) in [5, 5.41) is 8.30. The number of aromatic nitrogens is 3. The molecule has 1 aromatic heterocycles. The van der Waals surface area contributed by atoms with Crippen LogP contribution in [0.1, 0.15) is 37.9 Å². The Morgan fingerprint density at radius 2 is 2.17 bits per heavy atom. The third-order valence-electron chi connectivity index (χ3n) is 5.47. The summed E-state index contributed by atoms with van der Waals surface area (Å²) in [4.78, 5) is 16.2. The van der Waals surface area contributed by atoms with E-state index in [0.29, 0.717) is 19.3 Å². The molecular formula is C16H25N5O3. The molecule has 0 unspecified atom stereocenters. The Hall–Kier alpha value is -1.67. The highest BCUT2D eigenvalue weighted by atomic mass is 16.6. The van der Waals surface area contributed by atoms with Crippen LogP contribution in [0.5, 0.6) is 0 Å². The lowest BCUT2D eigenvalue weighted by atomic mass is 9.95. The van der Waals surface area contributed by atoms with Gasteiger partial charge in [-0.05, 0) is 26.2 Å². The van der Waals surface area contributed by atoms with Crippen LogP contribution in [0.3, 0.4) is 0 Å². The van der Waals surface area contributed by atoms with Gasteiger partial charge in [-0.15, -0.1) is 5.10 Å². The fraction of sp³-hybridized carbons (Fsp3) is 0.812. The van der Waals surface area contributed by atoms with Gasteiger partial charge in [0.05, 0.1) is 37.3 Å². The number of piperidine rings is 2. The topological polar surface area (TPSA) is 72.7 Å². The first-order chi connectivity index (χ1) is 11.8. The minimum atomic E-state index is -0.178. The third kappa shape index (κ3) is 2.88. The van der Waals surface area contributed by atoms with E-state index in [-0.39, 0.29) is 18.2 Å². The molecule has 2 fully saturated rings. The number of rotatable bonds is 2. The Labute approximate surface area is 141 Å². The van der Waals surface area contributed by atoms with Crippen molar-refractivity contribution in [3.63, 3.8) is 0 Å². The van der Waals surface area contributed by atoms with Crippen LogP contribution in [0, 0.1) is 0 Å². The van der Waals surface area contributed by atoms with Gasteiger partial charge >= 0.3 is 6.09 Å². The lowest BCUT2D eigenvalue weighted by Gasteiger charge is -2.45. The average Bonchev–Trinajstić information content (AvgIpc) is 3.11. The number of hydrogen-bond donors (Lipinski definition) is 0. The number of carbonyl (C=O) groups is 1. The van der Waals surface area contributed by atoms with Crippen molar-refractivity contribution in [3.05, 3.63) is 11.9 Å². The van der Waals surface area contributed by atoms with Crippen molar-refractivity contribution >= 4 is 6.09 Å². The van der Waals surface area contributed by atoms with Crippen LogP contribution in [0.2, 0.25) is 0 Å². The van der Waals surface area contributed by atoms with E-state index in [4.69, 9.17) is 9.47 Å². The number of carbonyl (C=O) groups excluding carboxylic acids is 1. The molecule has 4 rings (SSSR count). The van der Waals surface area contributed by atoms with Crippen molar-refractivity contribution in [1.82, 2.24) is 24.8 Å². The van der Waals surface area contributed by atoms with E-state index >= 15 is 0 Å². The van der Waals surface area contributed by atoms with Crippen LogP contribution in [-0.4, -0.2) is 75.8 Å². The molecule has 0 aromatic carbocycles. The van der Waals surface area contributed by atoms with E-state index in [1.165, 1.54) is 0 Å². The predicted molar refractivity (Wildman–Crippen MR) is 85.4 cm³/mol. The number of ether oxygens (including phenoxy) is 2. The Kier molecular flexibility index (Phi) is 4.41. The normalized spacial score (nSPS) is 28.3. The minimum absolute atomic E-state index is 0.178.